The van der Waals surface area contributed by atoms with Crippen molar-refractivity contribution >= 4 is 17.8 Å². The number of oxime groups is 1. The Morgan fingerprint density at radius 3 is 2.85 bits per heavy atom. The first-order valence-electron chi connectivity index (χ1n) is 3.41. The van der Waals surface area contributed by atoms with Crippen molar-refractivity contribution in [3.8, 4) is 0 Å². The number of rotatable bonds is 3. The lowest BCUT2D eigenvalue weighted by Gasteiger charge is -1.87. The predicted molar refractivity (Wildman–Crippen MR) is 44.6 cm³/mol. The van der Waals surface area contributed by atoms with Crippen LogP contribution in [0.2, 0.25) is 0 Å². The smallest absolute Gasteiger partial charge is 0.357 e. The highest BCUT2D eigenvalue weighted by Crippen LogP contribution is 2.02. The molecule has 0 aliphatic carbocycles. The molecule has 0 bridgehead atoms. The Bertz CT molecular complexity index is 337. The molecular formula is C8H7NO4. The van der Waals surface area contributed by atoms with Crippen molar-refractivity contribution in [3.05, 3.63) is 30.2 Å². The number of carboxylic acids is 1. The van der Waals surface area contributed by atoms with Crippen molar-refractivity contribution in [1.82, 2.24) is 0 Å². The minimum absolute atomic E-state index is 0.448. The van der Waals surface area contributed by atoms with E-state index in [1.807, 2.05) is 0 Å². The number of carbonyl (C=O) groups is 1. The van der Waals surface area contributed by atoms with Crippen molar-refractivity contribution in [2.24, 2.45) is 5.16 Å². The summed E-state index contributed by atoms with van der Waals surface area (Å²) in [6, 6.07) is 3.31. The molecule has 0 saturated heterocycles. The molecule has 0 atom stereocenters. The molecule has 68 valence electrons. The molecule has 0 radical (unpaired) electrons. The van der Waals surface area contributed by atoms with Gasteiger partial charge in [-0.3, -0.25) is 0 Å². The van der Waals surface area contributed by atoms with Crippen molar-refractivity contribution in [2.45, 2.75) is 0 Å². The fourth-order valence-corrected chi connectivity index (χ4v) is 0.695. The Kier molecular flexibility index (Phi) is 2.86. The van der Waals surface area contributed by atoms with Gasteiger partial charge >= 0.3 is 5.97 Å². The fourth-order valence-electron chi connectivity index (χ4n) is 0.695. The second-order valence-corrected chi connectivity index (χ2v) is 2.14. The second kappa shape index (κ2) is 4.10. The van der Waals surface area contributed by atoms with Crippen LogP contribution in [0.3, 0.4) is 0 Å². The van der Waals surface area contributed by atoms with Gasteiger partial charge in [0.25, 0.3) is 0 Å². The van der Waals surface area contributed by atoms with Crippen LogP contribution in [0.15, 0.2) is 34.0 Å². The number of hydrogen-bond donors (Lipinski definition) is 2. The van der Waals surface area contributed by atoms with E-state index in [-0.39, 0.29) is 0 Å². The molecule has 0 saturated carbocycles. The van der Waals surface area contributed by atoms with Crippen LogP contribution < -0.4 is 0 Å². The van der Waals surface area contributed by atoms with Gasteiger partial charge in [-0.25, -0.2) is 4.79 Å². The Labute approximate surface area is 73.6 Å². The summed E-state index contributed by atoms with van der Waals surface area (Å²) in [6.45, 7) is 0. The molecule has 1 rings (SSSR count). The highest BCUT2D eigenvalue weighted by molar-refractivity contribution is 6.40. The molecule has 0 aliphatic rings. The summed E-state index contributed by atoms with van der Waals surface area (Å²) in [6.07, 6.45) is 3.99. The average molecular weight is 181 g/mol. The Morgan fingerprint density at radius 2 is 2.38 bits per heavy atom. The van der Waals surface area contributed by atoms with Crippen LogP contribution in [0.1, 0.15) is 5.76 Å². The zero-order valence-electron chi connectivity index (χ0n) is 6.54. The van der Waals surface area contributed by atoms with E-state index in [9.17, 15) is 4.79 Å². The van der Waals surface area contributed by atoms with E-state index >= 15 is 0 Å². The van der Waals surface area contributed by atoms with E-state index in [0.29, 0.717) is 5.76 Å². The molecule has 1 heterocycles. The maximum Gasteiger partial charge on any atom is 0.357 e. The maximum absolute atomic E-state index is 10.3. The van der Waals surface area contributed by atoms with Crippen molar-refractivity contribution in [2.75, 3.05) is 0 Å². The fraction of sp³-hybridized carbons (Fsp3) is 0. The van der Waals surface area contributed by atoms with E-state index in [4.69, 9.17) is 14.7 Å². The molecule has 0 amide bonds. The van der Waals surface area contributed by atoms with Crippen molar-refractivity contribution in [3.63, 3.8) is 0 Å². The normalized spacial score (nSPS) is 12.2. The quantitative estimate of drug-likeness (QED) is 0.417. The number of hydrogen-bond acceptors (Lipinski definition) is 4. The van der Waals surface area contributed by atoms with E-state index in [0.717, 1.165) is 6.08 Å². The topological polar surface area (TPSA) is 83.0 Å². The average Bonchev–Trinajstić information content (AvgIpc) is 2.57. The SMILES string of the molecule is O=C(O)C(/C=C/c1ccco1)=N\O. The van der Waals surface area contributed by atoms with E-state index in [1.54, 1.807) is 12.1 Å². The Balaban J connectivity index is 2.73. The van der Waals surface area contributed by atoms with E-state index in [2.05, 4.69) is 5.16 Å². The number of nitrogens with zero attached hydrogens (tertiary/aromatic N) is 1. The van der Waals surface area contributed by atoms with Gasteiger partial charge < -0.3 is 14.7 Å². The Morgan fingerprint density at radius 1 is 1.62 bits per heavy atom. The first-order chi connectivity index (χ1) is 6.24. The Hall–Kier alpha value is -2.04. The second-order valence-electron chi connectivity index (χ2n) is 2.14. The van der Waals surface area contributed by atoms with Crippen LogP contribution in [0.25, 0.3) is 6.08 Å². The lowest BCUT2D eigenvalue weighted by molar-refractivity contribution is -0.129. The van der Waals surface area contributed by atoms with Crippen LogP contribution in [-0.2, 0) is 4.79 Å². The van der Waals surface area contributed by atoms with Gasteiger partial charge in [0.2, 0.25) is 0 Å². The van der Waals surface area contributed by atoms with Crippen molar-refractivity contribution < 1.29 is 19.5 Å². The highest BCUT2D eigenvalue weighted by atomic mass is 16.4. The number of furan rings is 1. The summed E-state index contributed by atoms with van der Waals surface area (Å²) in [5.41, 5.74) is -0.448. The summed E-state index contributed by atoms with van der Waals surface area (Å²) in [5, 5.41) is 19.3. The maximum atomic E-state index is 10.3. The van der Waals surface area contributed by atoms with Gasteiger partial charge in [0.15, 0.2) is 5.71 Å². The largest absolute Gasteiger partial charge is 0.476 e. The van der Waals surface area contributed by atoms with Crippen LogP contribution >= 0.6 is 0 Å². The minimum atomic E-state index is -1.30. The number of aliphatic carboxylic acids is 1. The highest BCUT2D eigenvalue weighted by Gasteiger charge is 2.04. The van der Waals surface area contributed by atoms with Gasteiger partial charge in [-0.1, -0.05) is 5.16 Å². The molecule has 2 N–H and O–H groups in total. The van der Waals surface area contributed by atoms with Gasteiger partial charge in [-0.05, 0) is 24.3 Å². The molecule has 13 heavy (non-hydrogen) atoms. The lowest BCUT2D eigenvalue weighted by atomic mass is 10.3. The molecule has 1 aromatic heterocycles. The van der Waals surface area contributed by atoms with Gasteiger partial charge in [-0.15, -0.1) is 0 Å². The molecule has 0 fully saturated rings. The van der Waals surface area contributed by atoms with Gasteiger partial charge in [0.1, 0.15) is 5.76 Å². The van der Waals surface area contributed by atoms with Gasteiger partial charge in [-0.2, -0.15) is 0 Å². The molecule has 0 aromatic carbocycles. The van der Waals surface area contributed by atoms with Crippen LogP contribution in [-0.4, -0.2) is 22.0 Å². The molecule has 0 spiro atoms. The van der Waals surface area contributed by atoms with Crippen LogP contribution in [0, 0.1) is 0 Å². The van der Waals surface area contributed by atoms with E-state index in [1.165, 1.54) is 12.3 Å². The third kappa shape index (κ3) is 2.48. The molecular weight excluding hydrogens is 174 g/mol. The summed E-state index contributed by atoms with van der Waals surface area (Å²) in [5.74, 6) is -0.812. The molecule has 0 aliphatic heterocycles. The predicted octanol–water partition coefficient (Wildman–Crippen LogP) is 1.21. The van der Waals surface area contributed by atoms with Crippen molar-refractivity contribution in [1.29, 1.82) is 0 Å². The van der Waals surface area contributed by atoms with Crippen LogP contribution in [0.5, 0.6) is 0 Å². The zero-order chi connectivity index (χ0) is 9.68. The summed E-state index contributed by atoms with van der Waals surface area (Å²) < 4.78 is 4.89. The molecule has 5 heteroatoms. The standard InChI is InChI=1S/C8H7NO4/c10-8(11)7(9-12)4-3-6-2-1-5-13-6/h1-5,12H,(H,10,11)/b4-3+,9-7-. The molecule has 1 aromatic rings. The van der Waals surface area contributed by atoms with Gasteiger partial charge in [0, 0.05) is 0 Å². The minimum Gasteiger partial charge on any atom is -0.476 e. The first kappa shape index (κ1) is 9.05. The monoisotopic (exact) mass is 181 g/mol. The summed E-state index contributed by atoms with van der Waals surface area (Å²) >= 11 is 0. The van der Waals surface area contributed by atoms with E-state index < -0.39 is 11.7 Å². The zero-order valence-corrected chi connectivity index (χ0v) is 6.54. The lowest BCUT2D eigenvalue weighted by Crippen LogP contribution is -2.09. The third-order valence-corrected chi connectivity index (χ3v) is 1.28. The van der Waals surface area contributed by atoms with Gasteiger partial charge in [0.05, 0.1) is 6.26 Å². The number of carboxylic acid groups (broad SMARTS) is 1. The van der Waals surface area contributed by atoms with Crippen LogP contribution in [0.4, 0.5) is 0 Å². The molecule has 0 unspecified atom stereocenters. The molecule has 5 nitrogen and oxygen atoms in total. The third-order valence-electron chi connectivity index (χ3n) is 1.28. The summed E-state index contributed by atoms with van der Waals surface area (Å²) in [7, 11) is 0. The summed E-state index contributed by atoms with van der Waals surface area (Å²) in [4.78, 5) is 10.3. The first-order valence-corrected chi connectivity index (χ1v) is 3.41.